The number of nitro benzene ring substituents is 1. The van der Waals surface area contributed by atoms with Gasteiger partial charge < -0.3 is 8.92 Å². The summed E-state index contributed by atoms with van der Waals surface area (Å²) in [5, 5.41) is 11.2. The average molecular weight is 557 g/mol. The molecule has 0 bridgehead atoms. The molecule has 1 aliphatic heterocycles. The normalized spacial score (nSPS) is 14.8. The van der Waals surface area contributed by atoms with Gasteiger partial charge >= 0.3 is 10.1 Å². The van der Waals surface area contributed by atoms with Crippen molar-refractivity contribution in [3.05, 3.63) is 92.4 Å². The van der Waals surface area contributed by atoms with Crippen molar-refractivity contribution in [2.45, 2.75) is 18.7 Å². The molecule has 1 amide bonds. The Morgan fingerprint density at radius 3 is 2.49 bits per heavy atom. The molecule has 1 saturated heterocycles. The number of aryl methyl sites for hydroxylation is 2. The number of anilines is 1. The number of rotatable bonds is 7. The number of carbonyl (C=O) groups excluding carboxylic acids is 1. The summed E-state index contributed by atoms with van der Waals surface area (Å²) in [6.45, 7) is 3.43. The Bertz CT molecular complexity index is 1580. The molecule has 3 aromatic carbocycles. The van der Waals surface area contributed by atoms with Gasteiger partial charge in [-0.05, 0) is 61.4 Å². The summed E-state index contributed by atoms with van der Waals surface area (Å²) in [5.74, 6) is -0.299. The second kappa shape index (κ2) is 10.3. The SMILES string of the molecule is COc1cc(/C=C2/SC(=S)N(c3cccc(C)c3)C2=O)ccc1OS(=O)(=O)c1ccc(C)c([N+](=O)[O-])c1. The van der Waals surface area contributed by atoms with Gasteiger partial charge in [0.15, 0.2) is 15.8 Å². The van der Waals surface area contributed by atoms with Crippen molar-refractivity contribution in [1.29, 1.82) is 0 Å². The quantitative estimate of drug-likeness (QED) is 0.124. The molecule has 1 fully saturated rings. The Morgan fingerprint density at radius 2 is 1.81 bits per heavy atom. The third-order valence-corrected chi connectivity index (χ3v) is 7.94. The van der Waals surface area contributed by atoms with E-state index in [4.69, 9.17) is 21.1 Å². The molecule has 0 radical (unpaired) electrons. The lowest BCUT2D eigenvalue weighted by molar-refractivity contribution is -0.385. The number of hydrogen-bond donors (Lipinski definition) is 0. The monoisotopic (exact) mass is 556 g/mol. The van der Waals surface area contributed by atoms with Crippen LogP contribution in [0.1, 0.15) is 16.7 Å². The van der Waals surface area contributed by atoms with E-state index in [0.717, 1.165) is 23.4 Å². The number of carbonyl (C=O) groups is 1. The van der Waals surface area contributed by atoms with Gasteiger partial charge in [0.1, 0.15) is 4.90 Å². The maximum absolute atomic E-state index is 13.1. The Morgan fingerprint density at radius 1 is 1.05 bits per heavy atom. The van der Waals surface area contributed by atoms with Crippen LogP contribution in [0.15, 0.2) is 70.5 Å². The van der Waals surface area contributed by atoms with Crippen molar-refractivity contribution in [2.75, 3.05) is 12.0 Å². The van der Waals surface area contributed by atoms with Crippen LogP contribution in [0.5, 0.6) is 11.5 Å². The van der Waals surface area contributed by atoms with Crippen molar-refractivity contribution < 1.29 is 27.1 Å². The summed E-state index contributed by atoms with van der Waals surface area (Å²) in [7, 11) is -3.05. The van der Waals surface area contributed by atoms with E-state index in [0.29, 0.717) is 26.0 Å². The zero-order valence-corrected chi connectivity index (χ0v) is 22.3. The molecule has 4 rings (SSSR count). The molecule has 0 N–H and O–H groups in total. The molecular formula is C25H20N2O7S3. The molecule has 0 aromatic heterocycles. The third-order valence-electron chi connectivity index (χ3n) is 5.40. The standard InChI is InChI=1S/C25H20N2O7S3/c1-15-5-4-6-18(11-15)26-24(28)23(36-25(26)35)13-17-8-10-21(22(12-17)33-3)34-37(31,32)19-9-7-16(2)20(14-19)27(29)30/h4-14H,1-3H3/b23-13+. The molecule has 0 aliphatic carbocycles. The number of thioether (sulfide) groups is 1. The predicted molar refractivity (Wildman–Crippen MR) is 145 cm³/mol. The lowest BCUT2D eigenvalue weighted by Crippen LogP contribution is -2.27. The Hall–Kier alpha value is -3.74. The molecule has 37 heavy (non-hydrogen) atoms. The van der Waals surface area contributed by atoms with Gasteiger partial charge in [-0.1, -0.05) is 48.2 Å². The summed E-state index contributed by atoms with van der Waals surface area (Å²) in [6, 6.07) is 15.4. The largest absolute Gasteiger partial charge is 0.493 e. The number of ether oxygens (including phenoxy) is 1. The lowest BCUT2D eigenvalue weighted by Gasteiger charge is -2.14. The van der Waals surface area contributed by atoms with E-state index in [9.17, 15) is 23.3 Å². The Kier molecular flexibility index (Phi) is 7.35. The van der Waals surface area contributed by atoms with E-state index in [1.54, 1.807) is 18.2 Å². The van der Waals surface area contributed by atoms with Crippen LogP contribution in [-0.4, -0.2) is 30.7 Å². The number of amides is 1. The molecule has 0 spiro atoms. The summed E-state index contributed by atoms with van der Waals surface area (Å²) < 4.78 is 36.6. The molecule has 1 aliphatic rings. The van der Waals surface area contributed by atoms with Gasteiger partial charge in [-0.25, -0.2) is 0 Å². The number of nitro groups is 1. The third kappa shape index (κ3) is 5.50. The topological polar surface area (TPSA) is 116 Å². The molecule has 0 saturated carbocycles. The van der Waals surface area contributed by atoms with E-state index in [2.05, 4.69) is 0 Å². The summed E-state index contributed by atoms with van der Waals surface area (Å²) >= 11 is 6.57. The van der Waals surface area contributed by atoms with Crippen molar-refractivity contribution in [3.8, 4) is 11.5 Å². The van der Waals surface area contributed by atoms with Crippen LogP contribution in [0.3, 0.4) is 0 Å². The van der Waals surface area contributed by atoms with Gasteiger partial charge in [0.2, 0.25) is 0 Å². The van der Waals surface area contributed by atoms with Crippen LogP contribution >= 0.6 is 24.0 Å². The van der Waals surface area contributed by atoms with Crippen molar-refractivity contribution in [1.82, 2.24) is 0 Å². The molecule has 190 valence electrons. The molecular weight excluding hydrogens is 536 g/mol. The average Bonchev–Trinajstić information content (AvgIpc) is 3.12. The van der Waals surface area contributed by atoms with Crippen LogP contribution in [0.25, 0.3) is 6.08 Å². The van der Waals surface area contributed by atoms with Gasteiger partial charge in [-0.15, -0.1) is 0 Å². The first-order valence-corrected chi connectivity index (χ1v) is 13.4. The predicted octanol–water partition coefficient (Wildman–Crippen LogP) is 5.39. The van der Waals surface area contributed by atoms with Gasteiger partial charge in [0.05, 0.1) is 22.6 Å². The number of hydrogen-bond acceptors (Lipinski definition) is 9. The first kappa shape index (κ1) is 26.3. The minimum absolute atomic E-state index is 0.0908. The van der Waals surface area contributed by atoms with E-state index in [1.165, 1.54) is 43.2 Å². The van der Waals surface area contributed by atoms with Gasteiger partial charge in [-0.3, -0.25) is 19.8 Å². The smallest absolute Gasteiger partial charge is 0.339 e. The van der Waals surface area contributed by atoms with Crippen molar-refractivity contribution in [3.63, 3.8) is 0 Å². The van der Waals surface area contributed by atoms with Gasteiger partial charge in [0, 0.05) is 11.6 Å². The molecule has 1 heterocycles. The maximum Gasteiger partial charge on any atom is 0.339 e. The number of methoxy groups -OCH3 is 1. The lowest BCUT2D eigenvalue weighted by atomic mass is 10.1. The zero-order chi connectivity index (χ0) is 26.9. The molecule has 0 unspecified atom stereocenters. The molecule has 9 nitrogen and oxygen atoms in total. The van der Waals surface area contributed by atoms with E-state index < -0.39 is 15.0 Å². The summed E-state index contributed by atoms with van der Waals surface area (Å²) in [5.41, 5.74) is 2.20. The first-order valence-electron chi connectivity index (χ1n) is 10.7. The highest BCUT2D eigenvalue weighted by Gasteiger charge is 2.33. The minimum atomic E-state index is -4.39. The van der Waals surface area contributed by atoms with Crippen LogP contribution in [0, 0.1) is 24.0 Å². The fourth-order valence-corrected chi connectivity index (χ4v) is 5.82. The fraction of sp³-hybridized carbons (Fsp3) is 0.120. The van der Waals surface area contributed by atoms with Crippen LogP contribution in [0.2, 0.25) is 0 Å². The second-order valence-corrected chi connectivity index (χ2v) is 11.2. The second-order valence-electron chi connectivity index (χ2n) is 8.01. The first-order chi connectivity index (χ1) is 17.5. The molecule has 12 heteroatoms. The fourth-order valence-electron chi connectivity index (χ4n) is 3.56. The van der Waals surface area contributed by atoms with Gasteiger partial charge in [-0.2, -0.15) is 8.42 Å². The number of thiocarbonyl (C=S) groups is 1. The molecule has 3 aromatic rings. The summed E-state index contributed by atoms with van der Waals surface area (Å²) in [4.78, 5) is 25.1. The Labute approximate surface area is 223 Å². The van der Waals surface area contributed by atoms with Crippen LogP contribution < -0.4 is 13.8 Å². The minimum Gasteiger partial charge on any atom is -0.493 e. The highest BCUT2D eigenvalue weighted by atomic mass is 32.2. The van der Waals surface area contributed by atoms with Crippen molar-refractivity contribution in [2.24, 2.45) is 0 Å². The highest BCUT2D eigenvalue weighted by Crippen LogP contribution is 2.38. The number of benzene rings is 3. The van der Waals surface area contributed by atoms with E-state index >= 15 is 0 Å². The summed E-state index contributed by atoms with van der Waals surface area (Å²) in [6.07, 6.45) is 1.62. The van der Waals surface area contributed by atoms with Gasteiger partial charge in [0.25, 0.3) is 11.6 Å². The Balaban J connectivity index is 1.61. The zero-order valence-electron chi connectivity index (χ0n) is 19.8. The maximum atomic E-state index is 13.1. The van der Waals surface area contributed by atoms with Crippen molar-refractivity contribution >= 4 is 61.8 Å². The molecule has 0 atom stereocenters. The van der Waals surface area contributed by atoms with E-state index in [1.807, 2.05) is 25.1 Å². The highest BCUT2D eigenvalue weighted by molar-refractivity contribution is 8.27. The van der Waals surface area contributed by atoms with Crippen LogP contribution in [-0.2, 0) is 14.9 Å². The number of nitrogens with zero attached hydrogens (tertiary/aromatic N) is 2. The van der Waals surface area contributed by atoms with Crippen LogP contribution in [0.4, 0.5) is 11.4 Å². The van der Waals surface area contributed by atoms with E-state index in [-0.39, 0.29) is 28.0 Å².